The monoisotopic (exact) mass is 927 g/mol. The minimum atomic E-state index is -4.47. The van der Waals surface area contributed by atoms with Gasteiger partial charge < -0.3 is 19.8 Å². The van der Waals surface area contributed by atoms with E-state index in [9.17, 15) is 22.8 Å². The van der Waals surface area contributed by atoms with Crippen LogP contribution in [0.3, 0.4) is 0 Å². The van der Waals surface area contributed by atoms with Gasteiger partial charge in [-0.1, -0.05) is 138 Å². The van der Waals surface area contributed by atoms with Crippen LogP contribution in [0.4, 0.5) is 13.2 Å². The number of likely N-dealkylation sites (tertiary alicyclic amines) is 1. The number of aromatic amines is 2. The molecule has 10 nitrogen and oxygen atoms in total. The van der Waals surface area contributed by atoms with Crippen LogP contribution >= 0.6 is 0 Å². The lowest BCUT2D eigenvalue weighted by atomic mass is 9.95. The predicted molar refractivity (Wildman–Crippen MR) is 262 cm³/mol. The molecule has 2 aliphatic rings. The maximum Gasteiger partial charge on any atom is 0.394 e. The second kappa shape index (κ2) is 21.5. The number of amides is 2. The van der Waals surface area contributed by atoms with Gasteiger partial charge in [-0.25, -0.2) is 9.97 Å². The van der Waals surface area contributed by atoms with E-state index in [1.54, 1.807) is 4.90 Å². The van der Waals surface area contributed by atoms with Crippen molar-refractivity contribution in [1.29, 1.82) is 0 Å². The van der Waals surface area contributed by atoms with E-state index < -0.39 is 18.6 Å². The number of halogens is 3. The van der Waals surface area contributed by atoms with Crippen LogP contribution in [-0.4, -0.2) is 96.8 Å². The maximum absolute atomic E-state index is 14.5. The number of rotatable bonds is 18. The number of H-pyrrole nitrogens is 2. The molecule has 8 rings (SSSR count). The summed E-state index contributed by atoms with van der Waals surface area (Å²) < 4.78 is 42.3. The van der Waals surface area contributed by atoms with Crippen LogP contribution in [0.25, 0.3) is 33.6 Å². The van der Waals surface area contributed by atoms with Crippen molar-refractivity contribution in [2.75, 3.05) is 39.3 Å². The Hall–Kier alpha value is -6.05. The molecule has 2 aromatic heterocycles. The first-order valence-corrected chi connectivity index (χ1v) is 24.6. The first-order chi connectivity index (χ1) is 32.9. The van der Waals surface area contributed by atoms with Crippen molar-refractivity contribution in [2.24, 2.45) is 0 Å². The molecule has 6 aromatic rings. The van der Waals surface area contributed by atoms with Crippen LogP contribution in [0.15, 0.2) is 103 Å². The molecule has 2 N–H and O–H groups in total. The second-order valence-electron chi connectivity index (χ2n) is 18.1. The molecule has 0 bridgehead atoms. The molecule has 3 heterocycles. The molecule has 0 unspecified atom stereocenters. The molecular formula is C55H65F3N8O2. The summed E-state index contributed by atoms with van der Waals surface area (Å²) in [6.07, 6.45) is -0.566. The number of hydrogen-bond donors (Lipinski definition) is 2. The first-order valence-electron chi connectivity index (χ1n) is 24.6. The van der Waals surface area contributed by atoms with E-state index >= 15 is 0 Å². The summed E-state index contributed by atoms with van der Waals surface area (Å²) in [6, 6.07) is 32.6. The molecule has 3 atom stereocenters. The molecule has 0 radical (unpaired) electrons. The van der Waals surface area contributed by atoms with Gasteiger partial charge in [0.05, 0.1) is 36.1 Å². The predicted octanol–water partition coefficient (Wildman–Crippen LogP) is 11.3. The number of aromatic nitrogens is 4. The van der Waals surface area contributed by atoms with Gasteiger partial charge in [0.1, 0.15) is 23.7 Å². The smallest absolute Gasteiger partial charge is 0.344 e. The largest absolute Gasteiger partial charge is 0.394 e. The molecule has 1 aliphatic carbocycles. The van der Waals surface area contributed by atoms with Crippen molar-refractivity contribution >= 4 is 11.8 Å². The van der Waals surface area contributed by atoms with Crippen LogP contribution in [0.1, 0.15) is 118 Å². The summed E-state index contributed by atoms with van der Waals surface area (Å²) >= 11 is 0. The van der Waals surface area contributed by atoms with Crippen LogP contribution in [-0.2, 0) is 35.4 Å². The molecular weight excluding hydrogens is 862 g/mol. The summed E-state index contributed by atoms with van der Waals surface area (Å²) in [6.45, 7) is 14.3. The zero-order valence-corrected chi connectivity index (χ0v) is 40.1. The van der Waals surface area contributed by atoms with E-state index in [0.717, 1.165) is 90.2 Å². The van der Waals surface area contributed by atoms with E-state index in [1.807, 2.05) is 111 Å². The molecule has 0 saturated carbocycles. The SMILES string of the molecule is CCCN(Cc1nc(-c2ccc(-c3ccc4c(c3)CCCc3[nH]c([C@@H]5CCCN5C(=O)[C@@H](c5ccccc5)N(CC)CC)nc3-4)cc2)c(CC(F)(F)F)[nH]1)C(=O)[C@@H](c1ccccc1)N(CC)CC. The molecule has 2 amide bonds. The molecule has 1 fully saturated rings. The second-order valence-corrected chi connectivity index (χ2v) is 18.1. The minimum Gasteiger partial charge on any atom is -0.344 e. The number of aryl methyl sites for hydroxylation is 2. The molecule has 68 heavy (non-hydrogen) atoms. The minimum absolute atomic E-state index is 0.0308. The number of carbonyl (C=O) groups is 2. The topological polar surface area (TPSA) is 104 Å². The highest BCUT2D eigenvalue weighted by Gasteiger charge is 2.39. The Balaban J connectivity index is 1.04. The van der Waals surface area contributed by atoms with Gasteiger partial charge >= 0.3 is 6.18 Å². The molecule has 4 aromatic carbocycles. The Kier molecular flexibility index (Phi) is 15.3. The van der Waals surface area contributed by atoms with Gasteiger partial charge in [0.25, 0.3) is 0 Å². The summed E-state index contributed by atoms with van der Waals surface area (Å²) in [5.74, 6) is 1.16. The lowest BCUT2D eigenvalue weighted by molar-refractivity contribution is -0.139. The van der Waals surface area contributed by atoms with Crippen molar-refractivity contribution in [3.63, 3.8) is 0 Å². The number of imidazole rings is 2. The number of nitrogens with zero attached hydrogens (tertiary/aromatic N) is 6. The number of fused-ring (bicyclic) bond motifs is 3. The Morgan fingerprint density at radius 1 is 0.721 bits per heavy atom. The zero-order valence-electron chi connectivity index (χ0n) is 40.1. The molecule has 0 spiro atoms. The molecule has 1 saturated heterocycles. The van der Waals surface area contributed by atoms with E-state index in [-0.39, 0.29) is 41.8 Å². The number of hydrogen-bond acceptors (Lipinski definition) is 6. The maximum atomic E-state index is 14.5. The number of alkyl halides is 3. The van der Waals surface area contributed by atoms with Gasteiger partial charge in [-0.2, -0.15) is 13.2 Å². The lowest BCUT2D eigenvalue weighted by Crippen LogP contribution is -2.43. The van der Waals surface area contributed by atoms with E-state index in [4.69, 9.17) is 9.97 Å². The van der Waals surface area contributed by atoms with Gasteiger partial charge in [0.15, 0.2) is 0 Å². The third kappa shape index (κ3) is 10.5. The van der Waals surface area contributed by atoms with Gasteiger partial charge in [-0.05, 0) is 92.5 Å². The Labute approximate surface area is 399 Å². The van der Waals surface area contributed by atoms with Gasteiger partial charge in [-0.15, -0.1) is 0 Å². The normalized spacial score (nSPS) is 15.9. The average molecular weight is 927 g/mol. The van der Waals surface area contributed by atoms with Gasteiger partial charge in [0, 0.05) is 29.9 Å². The Morgan fingerprint density at radius 2 is 1.34 bits per heavy atom. The van der Waals surface area contributed by atoms with Gasteiger partial charge in [0.2, 0.25) is 11.8 Å². The number of benzene rings is 4. The zero-order chi connectivity index (χ0) is 48.0. The highest BCUT2D eigenvalue weighted by molar-refractivity contribution is 5.85. The Morgan fingerprint density at radius 3 is 1.97 bits per heavy atom. The summed E-state index contributed by atoms with van der Waals surface area (Å²) in [4.78, 5) is 53.6. The molecule has 1 aliphatic heterocycles. The third-order valence-corrected chi connectivity index (χ3v) is 13.8. The standard InChI is InChI=1S/C55H65F3N8O2/c1-6-32-65(53(67)50(63(7-2)8-3)39-19-13-11-14-20-39)36-47-59-45(35-55(56,57)58)48(61-47)38-28-26-37(27-29-38)41-30-31-43-42(34-41)23-17-24-44-49(43)62-52(60-44)46-25-18-33-66(46)54(68)51(64(9-4)10-5)40-21-15-12-16-22-40/h11-16,19-22,26-31,34,46,50-51H,6-10,17-18,23-25,32-33,35-36H2,1-5H3,(H,59,61)(H,60,62)/t46-,50+,51+/m0/s1. The number of carbonyl (C=O) groups excluding carboxylic acids is 2. The van der Waals surface area contributed by atoms with Crippen molar-refractivity contribution in [2.45, 2.75) is 110 Å². The van der Waals surface area contributed by atoms with Crippen LogP contribution in [0.5, 0.6) is 0 Å². The van der Waals surface area contributed by atoms with Gasteiger partial charge in [-0.3, -0.25) is 19.4 Å². The highest BCUT2D eigenvalue weighted by atomic mass is 19.4. The first kappa shape index (κ1) is 48.4. The Bertz CT molecular complexity index is 2620. The van der Waals surface area contributed by atoms with E-state index in [0.29, 0.717) is 44.0 Å². The van der Waals surface area contributed by atoms with Crippen LogP contribution < -0.4 is 0 Å². The fourth-order valence-electron chi connectivity index (χ4n) is 10.4. The van der Waals surface area contributed by atoms with Crippen molar-refractivity contribution in [3.05, 3.63) is 143 Å². The number of likely N-dealkylation sites (N-methyl/N-ethyl adjacent to an activating group) is 2. The quantitative estimate of drug-likeness (QED) is 0.0890. The van der Waals surface area contributed by atoms with E-state index in [1.165, 1.54) is 5.56 Å². The van der Waals surface area contributed by atoms with Crippen molar-refractivity contribution in [3.8, 4) is 33.6 Å². The summed E-state index contributed by atoms with van der Waals surface area (Å²) in [5, 5.41) is 0. The summed E-state index contributed by atoms with van der Waals surface area (Å²) in [7, 11) is 0. The molecule has 13 heteroatoms. The lowest BCUT2D eigenvalue weighted by Gasteiger charge is -2.34. The molecule has 358 valence electrons. The fraction of sp³-hybridized carbons (Fsp3) is 0.418. The summed E-state index contributed by atoms with van der Waals surface area (Å²) in [5.41, 5.74) is 8.85. The highest BCUT2D eigenvalue weighted by Crippen LogP contribution is 2.40. The van der Waals surface area contributed by atoms with Crippen LogP contribution in [0, 0.1) is 0 Å². The average Bonchev–Trinajstić information content (AvgIpc) is 4.09. The fourth-order valence-corrected chi connectivity index (χ4v) is 10.4. The third-order valence-electron chi connectivity index (χ3n) is 13.8. The van der Waals surface area contributed by atoms with Crippen molar-refractivity contribution < 1.29 is 22.8 Å². The number of nitrogens with one attached hydrogen (secondary N) is 2. The van der Waals surface area contributed by atoms with Crippen molar-refractivity contribution in [1.82, 2.24) is 39.5 Å². The van der Waals surface area contributed by atoms with E-state index in [2.05, 4.69) is 51.8 Å². The van der Waals surface area contributed by atoms with Crippen LogP contribution in [0.2, 0.25) is 0 Å².